The van der Waals surface area contributed by atoms with Crippen LogP contribution in [0, 0.1) is 25.4 Å². The molecule has 0 aliphatic rings. The van der Waals surface area contributed by atoms with Gasteiger partial charge >= 0.3 is 0 Å². The summed E-state index contributed by atoms with van der Waals surface area (Å²) >= 11 is 7.85. The van der Waals surface area contributed by atoms with E-state index in [2.05, 4.69) is 66.4 Å². The average Bonchev–Trinajstić information content (AvgIpc) is 2.74. The Balaban J connectivity index is 1.78. The van der Waals surface area contributed by atoms with E-state index in [-0.39, 0.29) is 5.57 Å². The molecule has 0 atom stereocenters. The van der Waals surface area contributed by atoms with E-state index >= 15 is 0 Å². The van der Waals surface area contributed by atoms with E-state index in [9.17, 15) is 10.1 Å². The number of rotatable bonds is 6. The predicted octanol–water partition coefficient (Wildman–Crippen LogP) is 7.09. The molecule has 3 aromatic rings. The van der Waals surface area contributed by atoms with Crippen LogP contribution >= 0.6 is 61.1 Å². The van der Waals surface area contributed by atoms with Crippen LogP contribution in [0.1, 0.15) is 16.7 Å². The number of nitrogens with one attached hydrogen (secondary N) is 1. The average molecular weight is 699 g/mol. The number of carbonyl (C=O) groups excluding carboxylic acids is 1. The smallest absolute Gasteiger partial charge is 0.266 e. The van der Waals surface area contributed by atoms with Crippen LogP contribution in [0.15, 0.2) is 70.7 Å². The summed E-state index contributed by atoms with van der Waals surface area (Å²) < 4.78 is 8.86. The number of hydrogen-bond acceptors (Lipinski definition) is 3. The number of aryl methyl sites for hydroxylation is 1. The monoisotopic (exact) mass is 698 g/mol. The minimum atomic E-state index is -0.433. The van der Waals surface area contributed by atoms with E-state index in [0.29, 0.717) is 12.3 Å². The number of halogens is 3. The number of nitrogens with zero attached hydrogens (tertiary/aromatic N) is 1. The van der Waals surface area contributed by atoms with Crippen LogP contribution < -0.4 is 10.1 Å². The second-order valence-electron chi connectivity index (χ2n) is 6.67. The Labute approximate surface area is 217 Å². The number of benzene rings is 3. The second-order valence-corrected chi connectivity index (χ2v) is 9.91. The first-order chi connectivity index (χ1) is 14.9. The zero-order valence-corrected chi connectivity index (χ0v) is 22.4. The Hall–Kier alpha value is -1.90. The first-order valence-electron chi connectivity index (χ1n) is 9.22. The Morgan fingerprint density at radius 3 is 2.39 bits per heavy atom. The van der Waals surface area contributed by atoms with E-state index in [4.69, 9.17) is 4.74 Å². The summed E-state index contributed by atoms with van der Waals surface area (Å²) in [6.45, 7) is 2.36. The number of ether oxygens (including phenoxy) is 1. The van der Waals surface area contributed by atoms with Crippen molar-refractivity contribution in [2.75, 3.05) is 5.32 Å². The summed E-state index contributed by atoms with van der Waals surface area (Å²) in [5.74, 6) is 0.349. The van der Waals surface area contributed by atoms with Crippen molar-refractivity contribution in [2.45, 2.75) is 13.5 Å². The van der Waals surface area contributed by atoms with Gasteiger partial charge in [-0.2, -0.15) is 5.26 Å². The molecule has 0 saturated heterocycles. The molecule has 1 amide bonds. The van der Waals surface area contributed by atoms with Gasteiger partial charge in [0.15, 0.2) is 0 Å². The Bertz CT molecular complexity index is 1160. The van der Waals surface area contributed by atoms with Gasteiger partial charge in [0, 0.05) is 10.2 Å². The molecule has 0 bridgehead atoms. The van der Waals surface area contributed by atoms with E-state index < -0.39 is 5.91 Å². The molecule has 156 valence electrons. The van der Waals surface area contributed by atoms with Crippen LogP contribution in [-0.4, -0.2) is 5.91 Å². The highest BCUT2D eigenvalue weighted by Gasteiger charge is 2.13. The Kier molecular flexibility index (Phi) is 8.51. The molecule has 0 aliphatic heterocycles. The first kappa shape index (κ1) is 23.8. The molecule has 0 spiro atoms. The van der Waals surface area contributed by atoms with Crippen LogP contribution in [0.3, 0.4) is 0 Å². The highest BCUT2D eigenvalue weighted by atomic mass is 127. The maximum atomic E-state index is 12.6. The van der Waals surface area contributed by atoms with Gasteiger partial charge in [0.2, 0.25) is 0 Å². The molecule has 3 rings (SSSR count). The maximum absolute atomic E-state index is 12.6. The van der Waals surface area contributed by atoms with Gasteiger partial charge in [0.1, 0.15) is 24.0 Å². The lowest BCUT2D eigenvalue weighted by atomic mass is 10.1. The summed E-state index contributed by atoms with van der Waals surface area (Å²) in [4.78, 5) is 12.6. The third-order valence-corrected chi connectivity index (χ3v) is 6.52. The van der Waals surface area contributed by atoms with Crippen molar-refractivity contribution in [2.24, 2.45) is 0 Å². The van der Waals surface area contributed by atoms with Crippen LogP contribution in [-0.2, 0) is 11.4 Å². The minimum Gasteiger partial charge on any atom is -0.487 e. The molecule has 0 saturated carbocycles. The van der Waals surface area contributed by atoms with E-state index in [1.54, 1.807) is 6.08 Å². The van der Waals surface area contributed by atoms with Gasteiger partial charge in [0.25, 0.3) is 5.91 Å². The molecule has 1 N–H and O–H groups in total. The van der Waals surface area contributed by atoms with E-state index in [1.165, 1.54) is 0 Å². The molecular weight excluding hydrogens is 682 g/mol. The number of para-hydroxylation sites is 1. The van der Waals surface area contributed by atoms with Crippen molar-refractivity contribution in [1.82, 2.24) is 0 Å². The molecule has 7 heteroatoms. The lowest BCUT2D eigenvalue weighted by molar-refractivity contribution is -0.112. The molecule has 0 aliphatic carbocycles. The van der Waals surface area contributed by atoms with Gasteiger partial charge in [-0.1, -0.05) is 46.3 Å². The Morgan fingerprint density at radius 1 is 1.13 bits per heavy atom. The van der Waals surface area contributed by atoms with Gasteiger partial charge in [0.05, 0.1) is 7.14 Å². The third-order valence-electron chi connectivity index (χ3n) is 4.39. The number of hydrogen-bond donors (Lipinski definition) is 1. The van der Waals surface area contributed by atoms with Crippen LogP contribution in [0.5, 0.6) is 5.75 Å². The largest absolute Gasteiger partial charge is 0.487 e. The first-order valence-corrected chi connectivity index (χ1v) is 12.2. The molecule has 31 heavy (non-hydrogen) atoms. The summed E-state index contributed by atoms with van der Waals surface area (Å²) in [6, 6.07) is 21.2. The van der Waals surface area contributed by atoms with Crippen molar-refractivity contribution < 1.29 is 9.53 Å². The second kappa shape index (κ2) is 11.1. The quantitative estimate of drug-likeness (QED) is 0.170. The van der Waals surface area contributed by atoms with Crippen molar-refractivity contribution in [1.29, 1.82) is 5.26 Å². The Morgan fingerprint density at radius 2 is 1.77 bits per heavy atom. The van der Waals surface area contributed by atoms with Crippen molar-refractivity contribution >= 4 is 78.8 Å². The third kappa shape index (κ3) is 6.54. The summed E-state index contributed by atoms with van der Waals surface area (Å²) in [5, 5.41) is 12.3. The molecule has 0 aromatic heterocycles. The predicted molar refractivity (Wildman–Crippen MR) is 144 cm³/mol. The fraction of sp³-hybridized carbons (Fsp3) is 0.0833. The standard InChI is InChI=1S/C24H17BrI2N2O2/c1-15-4-2-3-5-22(15)29-24(30)18(13-28)10-17-11-20(26)23(21(27)12-17)31-14-16-6-8-19(25)9-7-16/h2-12H,14H2,1H3,(H,29,30)/b18-10-. The lowest BCUT2D eigenvalue weighted by Gasteiger charge is -2.12. The molecule has 0 radical (unpaired) electrons. The fourth-order valence-electron chi connectivity index (χ4n) is 2.75. The van der Waals surface area contributed by atoms with Crippen molar-refractivity contribution in [3.05, 3.63) is 94.5 Å². The zero-order valence-electron chi connectivity index (χ0n) is 16.5. The fourth-order valence-corrected chi connectivity index (χ4v) is 5.15. The number of carbonyl (C=O) groups is 1. The number of amides is 1. The van der Waals surface area contributed by atoms with Gasteiger partial charge < -0.3 is 10.1 Å². The normalized spacial score (nSPS) is 11.0. The summed E-state index contributed by atoms with van der Waals surface area (Å²) in [5.41, 5.74) is 3.50. The number of anilines is 1. The van der Waals surface area contributed by atoms with Crippen LogP contribution in [0.2, 0.25) is 0 Å². The lowest BCUT2D eigenvalue weighted by Crippen LogP contribution is -2.14. The number of nitriles is 1. The van der Waals surface area contributed by atoms with Gasteiger partial charge in [-0.05, 0) is 105 Å². The highest BCUT2D eigenvalue weighted by Crippen LogP contribution is 2.31. The van der Waals surface area contributed by atoms with Gasteiger partial charge in [-0.25, -0.2) is 0 Å². The zero-order chi connectivity index (χ0) is 22.4. The van der Waals surface area contributed by atoms with Crippen molar-refractivity contribution in [3.8, 4) is 11.8 Å². The molecule has 3 aromatic carbocycles. The van der Waals surface area contributed by atoms with Crippen LogP contribution in [0.4, 0.5) is 5.69 Å². The van der Waals surface area contributed by atoms with E-state index in [0.717, 1.165) is 34.1 Å². The maximum Gasteiger partial charge on any atom is 0.266 e. The topological polar surface area (TPSA) is 62.1 Å². The van der Waals surface area contributed by atoms with E-state index in [1.807, 2.05) is 73.7 Å². The molecular formula is C24H17BrI2N2O2. The summed E-state index contributed by atoms with van der Waals surface area (Å²) in [7, 11) is 0. The van der Waals surface area contributed by atoms with Gasteiger partial charge in [-0.15, -0.1) is 0 Å². The molecule has 4 nitrogen and oxygen atoms in total. The molecule has 0 unspecified atom stereocenters. The summed E-state index contributed by atoms with van der Waals surface area (Å²) in [6.07, 6.45) is 1.59. The SMILES string of the molecule is Cc1ccccc1NC(=O)/C(C#N)=C\c1cc(I)c(OCc2ccc(Br)cc2)c(I)c1. The van der Waals surface area contributed by atoms with Crippen molar-refractivity contribution in [3.63, 3.8) is 0 Å². The molecule has 0 fully saturated rings. The van der Waals surface area contributed by atoms with Crippen LogP contribution in [0.25, 0.3) is 6.08 Å². The highest BCUT2D eigenvalue weighted by molar-refractivity contribution is 14.1. The molecule has 0 heterocycles. The minimum absolute atomic E-state index is 0.0402. The van der Waals surface area contributed by atoms with Gasteiger partial charge in [-0.3, -0.25) is 4.79 Å².